The number of sulfonamides is 1. The first kappa shape index (κ1) is 16.3. The van der Waals surface area contributed by atoms with E-state index in [1.54, 1.807) is 11.8 Å². The van der Waals surface area contributed by atoms with Crippen molar-refractivity contribution in [2.24, 2.45) is 0 Å². The lowest BCUT2D eigenvalue weighted by molar-refractivity contribution is 0.415. The van der Waals surface area contributed by atoms with Crippen LogP contribution in [0.2, 0.25) is 5.02 Å². The third-order valence-electron chi connectivity index (χ3n) is 2.75. The number of hydrogen-bond acceptors (Lipinski definition) is 4. The molecule has 0 aromatic heterocycles. The molecule has 0 radical (unpaired) electrons. The Labute approximate surface area is 123 Å². The molecule has 0 fully saturated rings. The molecule has 0 amide bonds. The third-order valence-corrected chi connectivity index (χ3v) is 5.83. The van der Waals surface area contributed by atoms with E-state index in [1.165, 1.54) is 29.6 Å². The summed E-state index contributed by atoms with van der Waals surface area (Å²) in [7, 11) is -2.16. The van der Waals surface area contributed by atoms with Crippen LogP contribution in [0.25, 0.3) is 0 Å². The highest BCUT2D eigenvalue weighted by Crippen LogP contribution is 2.24. The van der Waals surface area contributed by atoms with Crippen LogP contribution in [0.1, 0.15) is 12.5 Å². The van der Waals surface area contributed by atoms with Gasteiger partial charge in [0.2, 0.25) is 10.0 Å². The van der Waals surface area contributed by atoms with Gasteiger partial charge in [0.15, 0.2) is 0 Å². The fourth-order valence-electron chi connectivity index (χ4n) is 1.55. The number of nitriles is 1. The van der Waals surface area contributed by atoms with Gasteiger partial charge in [-0.05, 0) is 31.4 Å². The fourth-order valence-corrected chi connectivity index (χ4v) is 4.01. The first-order valence-electron chi connectivity index (χ1n) is 5.51. The third kappa shape index (κ3) is 3.63. The van der Waals surface area contributed by atoms with E-state index in [0.29, 0.717) is 10.8 Å². The van der Waals surface area contributed by atoms with Crippen molar-refractivity contribution in [3.05, 3.63) is 28.8 Å². The van der Waals surface area contributed by atoms with Crippen molar-refractivity contribution in [1.82, 2.24) is 4.31 Å². The molecule has 7 heteroatoms. The quantitative estimate of drug-likeness (QED) is 0.837. The zero-order valence-corrected chi connectivity index (χ0v) is 13.3. The minimum Gasteiger partial charge on any atom is -0.207 e. The van der Waals surface area contributed by atoms with Crippen molar-refractivity contribution >= 4 is 33.4 Å². The summed E-state index contributed by atoms with van der Waals surface area (Å²) in [5.41, 5.74) is 0.0655. The molecule has 1 atom stereocenters. The molecule has 4 nitrogen and oxygen atoms in total. The van der Waals surface area contributed by atoms with Gasteiger partial charge < -0.3 is 0 Å². The number of halogens is 1. The molecule has 0 unspecified atom stereocenters. The summed E-state index contributed by atoms with van der Waals surface area (Å²) in [6.07, 6.45) is 1.92. The van der Waals surface area contributed by atoms with Gasteiger partial charge in [0.05, 0.1) is 5.56 Å². The number of nitrogens with zero attached hydrogens (tertiary/aromatic N) is 2. The lowest BCUT2D eigenvalue weighted by atomic mass is 10.2. The van der Waals surface area contributed by atoms with Gasteiger partial charge in [0, 0.05) is 23.9 Å². The molecule has 19 heavy (non-hydrogen) atoms. The summed E-state index contributed by atoms with van der Waals surface area (Å²) in [6.45, 7) is 1.83. The standard InChI is InChI=1S/C12H15ClN2O2S2/c1-9(8-18-3)15(2)19(16,17)12-5-4-11(13)6-10(12)7-14/h4-6,9H,8H2,1-3H3/t9-/m1/s1. The molecular weight excluding hydrogens is 304 g/mol. The first-order valence-corrected chi connectivity index (χ1v) is 8.72. The zero-order chi connectivity index (χ0) is 14.6. The maximum absolute atomic E-state index is 12.5. The monoisotopic (exact) mass is 318 g/mol. The Hall–Kier alpha value is -0.740. The van der Waals surface area contributed by atoms with Crippen LogP contribution < -0.4 is 0 Å². The van der Waals surface area contributed by atoms with Crippen LogP contribution in [-0.2, 0) is 10.0 Å². The molecule has 1 aromatic rings. The van der Waals surface area contributed by atoms with E-state index in [1.807, 2.05) is 19.2 Å². The predicted molar refractivity (Wildman–Crippen MR) is 79.0 cm³/mol. The number of thioether (sulfide) groups is 1. The molecule has 0 aliphatic rings. The van der Waals surface area contributed by atoms with E-state index in [9.17, 15) is 8.42 Å². The van der Waals surface area contributed by atoms with Gasteiger partial charge in [-0.3, -0.25) is 0 Å². The molecule has 1 aromatic carbocycles. The van der Waals surface area contributed by atoms with Crippen LogP contribution in [-0.4, -0.2) is 37.8 Å². The molecule has 104 valence electrons. The summed E-state index contributed by atoms with van der Waals surface area (Å²) in [6, 6.07) is 5.93. The van der Waals surface area contributed by atoms with Crippen molar-refractivity contribution in [3.8, 4) is 6.07 Å². The average molecular weight is 319 g/mol. The second kappa shape index (κ2) is 6.62. The van der Waals surface area contributed by atoms with Crippen molar-refractivity contribution in [3.63, 3.8) is 0 Å². The van der Waals surface area contributed by atoms with E-state index in [0.717, 1.165) is 0 Å². The zero-order valence-electron chi connectivity index (χ0n) is 10.9. The first-order chi connectivity index (χ1) is 8.84. The van der Waals surface area contributed by atoms with Crippen molar-refractivity contribution < 1.29 is 8.42 Å². The SMILES string of the molecule is CSC[C@@H](C)N(C)S(=O)(=O)c1ccc(Cl)cc1C#N. The minimum absolute atomic E-state index is 0.00477. The van der Waals surface area contributed by atoms with E-state index in [4.69, 9.17) is 16.9 Å². The predicted octanol–water partition coefficient (Wildman–Crippen LogP) is 2.58. The van der Waals surface area contributed by atoms with Crippen molar-refractivity contribution in [2.45, 2.75) is 17.9 Å². The Kier molecular flexibility index (Phi) is 5.68. The van der Waals surface area contributed by atoms with Gasteiger partial charge in [0.1, 0.15) is 11.0 Å². The topological polar surface area (TPSA) is 61.2 Å². The molecule has 0 saturated heterocycles. The smallest absolute Gasteiger partial charge is 0.207 e. The number of benzene rings is 1. The number of rotatable bonds is 5. The maximum Gasteiger partial charge on any atom is 0.244 e. The van der Waals surface area contributed by atoms with Gasteiger partial charge >= 0.3 is 0 Å². The van der Waals surface area contributed by atoms with Crippen molar-refractivity contribution in [2.75, 3.05) is 19.1 Å². The Balaban J connectivity index is 3.25. The van der Waals surface area contributed by atoms with E-state index in [-0.39, 0.29) is 16.5 Å². The highest BCUT2D eigenvalue weighted by atomic mass is 35.5. The van der Waals surface area contributed by atoms with Gasteiger partial charge in [-0.15, -0.1) is 0 Å². The lowest BCUT2D eigenvalue weighted by Gasteiger charge is -2.24. The molecule has 1 rings (SSSR count). The fraction of sp³-hybridized carbons (Fsp3) is 0.417. The second-order valence-corrected chi connectivity index (χ2v) is 7.39. The average Bonchev–Trinajstić information content (AvgIpc) is 2.37. The summed E-state index contributed by atoms with van der Waals surface area (Å²) in [5, 5.41) is 9.38. The molecule has 0 bridgehead atoms. The molecule has 0 N–H and O–H groups in total. The van der Waals surface area contributed by atoms with E-state index < -0.39 is 10.0 Å². The van der Waals surface area contributed by atoms with Crippen molar-refractivity contribution in [1.29, 1.82) is 5.26 Å². The van der Waals surface area contributed by atoms with Crippen LogP contribution in [0.4, 0.5) is 0 Å². The largest absolute Gasteiger partial charge is 0.244 e. The van der Waals surface area contributed by atoms with Crippen LogP contribution in [0, 0.1) is 11.3 Å². The summed E-state index contributed by atoms with van der Waals surface area (Å²) < 4.78 is 26.2. The van der Waals surface area contributed by atoms with Crippen LogP contribution in [0.3, 0.4) is 0 Å². The molecule has 0 saturated carbocycles. The van der Waals surface area contributed by atoms with Crippen LogP contribution in [0.5, 0.6) is 0 Å². The summed E-state index contributed by atoms with van der Waals surface area (Å²) >= 11 is 7.34. The second-order valence-electron chi connectivity index (χ2n) is 4.08. The molecule has 0 aliphatic carbocycles. The van der Waals surface area contributed by atoms with Gasteiger partial charge in [0.25, 0.3) is 0 Å². The van der Waals surface area contributed by atoms with Gasteiger partial charge in [-0.1, -0.05) is 11.6 Å². The van der Waals surface area contributed by atoms with Gasteiger partial charge in [-0.25, -0.2) is 8.42 Å². The molecule has 0 heterocycles. The Bertz CT molecular complexity index is 596. The lowest BCUT2D eigenvalue weighted by Crippen LogP contribution is -2.36. The molecule has 0 spiro atoms. The maximum atomic E-state index is 12.5. The van der Waals surface area contributed by atoms with Crippen LogP contribution in [0.15, 0.2) is 23.1 Å². The number of hydrogen-bond donors (Lipinski definition) is 0. The molecular formula is C12H15ClN2O2S2. The summed E-state index contributed by atoms with van der Waals surface area (Å²) in [4.78, 5) is -0.00477. The Morgan fingerprint density at radius 1 is 1.53 bits per heavy atom. The highest BCUT2D eigenvalue weighted by molar-refractivity contribution is 7.98. The van der Waals surface area contributed by atoms with E-state index in [2.05, 4.69) is 0 Å². The highest BCUT2D eigenvalue weighted by Gasteiger charge is 2.27. The summed E-state index contributed by atoms with van der Waals surface area (Å²) in [5.74, 6) is 0.686. The Morgan fingerprint density at radius 3 is 2.68 bits per heavy atom. The minimum atomic E-state index is -3.68. The normalized spacial score (nSPS) is 13.3. The van der Waals surface area contributed by atoms with Crippen LogP contribution >= 0.6 is 23.4 Å². The van der Waals surface area contributed by atoms with E-state index >= 15 is 0 Å². The van der Waals surface area contributed by atoms with Gasteiger partial charge in [-0.2, -0.15) is 21.3 Å². The molecule has 0 aliphatic heterocycles. The Morgan fingerprint density at radius 2 is 2.16 bits per heavy atom.